The summed E-state index contributed by atoms with van der Waals surface area (Å²) < 4.78 is 5.32. The minimum absolute atomic E-state index is 0.531. The van der Waals surface area contributed by atoms with Crippen LogP contribution in [0.4, 0.5) is 0 Å². The summed E-state index contributed by atoms with van der Waals surface area (Å²) in [5.74, 6) is 3.89. The second kappa shape index (κ2) is 5.16. The van der Waals surface area contributed by atoms with E-state index in [0.717, 1.165) is 30.0 Å². The van der Waals surface area contributed by atoms with Gasteiger partial charge in [0.1, 0.15) is 5.75 Å². The molecule has 3 atom stereocenters. The van der Waals surface area contributed by atoms with Gasteiger partial charge in [0.05, 0.1) is 7.11 Å². The predicted octanol–water partition coefficient (Wildman–Crippen LogP) is 3.70. The van der Waals surface area contributed by atoms with Crippen molar-refractivity contribution in [3.63, 3.8) is 0 Å². The first-order valence-electron chi connectivity index (χ1n) is 7.60. The van der Waals surface area contributed by atoms with E-state index in [1.165, 1.54) is 30.4 Å². The first-order chi connectivity index (χ1) is 9.22. The molecule has 1 N–H and O–H groups in total. The van der Waals surface area contributed by atoms with Crippen molar-refractivity contribution in [2.24, 2.45) is 17.8 Å². The molecule has 0 radical (unpaired) electrons. The molecule has 0 saturated heterocycles. The van der Waals surface area contributed by atoms with Gasteiger partial charge in [-0.25, -0.2) is 0 Å². The highest BCUT2D eigenvalue weighted by Gasteiger charge is 2.48. The fourth-order valence-corrected chi connectivity index (χ4v) is 3.91. The SMILES string of the molecule is CCNC(c1ccc(OC)cc1C)C1CC2CC2C1. The smallest absolute Gasteiger partial charge is 0.119 e. The molecule has 1 aromatic carbocycles. The Morgan fingerprint density at radius 3 is 2.58 bits per heavy atom. The molecule has 2 heteroatoms. The summed E-state index contributed by atoms with van der Waals surface area (Å²) >= 11 is 0. The number of fused-ring (bicyclic) bond motifs is 1. The lowest BCUT2D eigenvalue weighted by Crippen LogP contribution is -2.28. The van der Waals surface area contributed by atoms with Crippen molar-refractivity contribution in [3.8, 4) is 5.75 Å². The van der Waals surface area contributed by atoms with Crippen LogP contribution in [0.2, 0.25) is 0 Å². The van der Waals surface area contributed by atoms with E-state index in [9.17, 15) is 0 Å². The lowest BCUT2D eigenvalue weighted by atomic mass is 9.87. The van der Waals surface area contributed by atoms with E-state index < -0.39 is 0 Å². The number of hydrogen-bond acceptors (Lipinski definition) is 2. The zero-order valence-corrected chi connectivity index (χ0v) is 12.3. The van der Waals surface area contributed by atoms with Gasteiger partial charge in [0, 0.05) is 6.04 Å². The van der Waals surface area contributed by atoms with Crippen molar-refractivity contribution in [1.29, 1.82) is 0 Å². The average Bonchev–Trinajstić information content (AvgIpc) is 3.03. The minimum Gasteiger partial charge on any atom is -0.497 e. The normalized spacial score (nSPS) is 29.9. The van der Waals surface area contributed by atoms with Crippen molar-refractivity contribution in [2.75, 3.05) is 13.7 Å². The molecule has 0 bridgehead atoms. The number of nitrogens with one attached hydrogen (secondary N) is 1. The highest BCUT2D eigenvalue weighted by Crippen LogP contribution is 2.57. The van der Waals surface area contributed by atoms with E-state index in [2.05, 4.69) is 37.4 Å². The van der Waals surface area contributed by atoms with Gasteiger partial charge in [-0.05, 0) is 73.7 Å². The molecular weight excluding hydrogens is 234 g/mol. The van der Waals surface area contributed by atoms with Crippen LogP contribution in [0, 0.1) is 24.7 Å². The summed E-state index contributed by atoms with van der Waals surface area (Å²) in [7, 11) is 1.74. The topological polar surface area (TPSA) is 21.3 Å². The van der Waals surface area contributed by atoms with E-state index in [4.69, 9.17) is 4.74 Å². The van der Waals surface area contributed by atoms with Gasteiger partial charge in [0.2, 0.25) is 0 Å². The standard InChI is InChI=1S/C17H25NO/c1-4-18-17(14-9-12-8-13(12)10-14)16-6-5-15(19-3)7-11(16)2/h5-7,12-14,17-18H,4,8-10H2,1-3H3. The monoisotopic (exact) mass is 259 g/mol. The van der Waals surface area contributed by atoms with Gasteiger partial charge in [-0.15, -0.1) is 0 Å². The lowest BCUT2D eigenvalue weighted by molar-refractivity contribution is 0.345. The van der Waals surface area contributed by atoms with Crippen LogP contribution in [0.5, 0.6) is 5.75 Å². The molecular formula is C17H25NO. The van der Waals surface area contributed by atoms with Crippen molar-refractivity contribution in [2.45, 2.75) is 39.2 Å². The molecule has 2 saturated carbocycles. The maximum Gasteiger partial charge on any atom is 0.119 e. The largest absolute Gasteiger partial charge is 0.497 e. The number of rotatable bonds is 5. The fraction of sp³-hybridized carbons (Fsp3) is 0.647. The number of methoxy groups -OCH3 is 1. The maximum atomic E-state index is 5.32. The summed E-state index contributed by atoms with van der Waals surface area (Å²) in [4.78, 5) is 0. The molecule has 0 spiro atoms. The lowest BCUT2D eigenvalue weighted by Gasteiger charge is -2.27. The number of benzene rings is 1. The first kappa shape index (κ1) is 13.0. The summed E-state index contributed by atoms with van der Waals surface area (Å²) in [6.45, 7) is 5.46. The van der Waals surface area contributed by atoms with Gasteiger partial charge in [-0.1, -0.05) is 13.0 Å². The summed E-state index contributed by atoms with van der Waals surface area (Å²) in [5, 5.41) is 3.72. The third-order valence-electron chi connectivity index (χ3n) is 4.99. The summed E-state index contributed by atoms with van der Waals surface area (Å²) in [6.07, 6.45) is 4.35. The zero-order valence-electron chi connectivity index (χ0n) is 12.3. The second-order valence-electron chi connectivity index (χ2n) is 6.25. The van der Waals surface area contributed by atoms with E-state index in [1.54, 1.807) is 7.11 Å². The molecule has 0 aromatic heterocycles. The molecule has 0 aliphatic heterocycles. The fourth-order valence-electron chi connectivity index (χ4n) is 3.91. The Morgan fingerprint density at radius 1 is 1.26 bits per heavy atom. The molecule has 3 unspecified atom stereocenters. The first-order valence-corrected chi connectivity index (χ1v) is 7.60. The molecule has 0 amide bonds. The Bertz CT molecular complexity index is 447. The second-order valence-corrected chi connectivity index (χ2v) is 6.25. The summed E-state index contributed by atoms with van der Waals surface area (Å²) in [6, 6.07) is 7.05. The maximum absolute atomic E-state index is 5.32. The van der Waals surface area contributed by atoms with Gasteiger partial charge in [-0.2, -0.15) is 0 Å². The molecule has 19 heavy (non-hydrogen) atoms. The molecule has 0 heterocycles. The quantitative estimate of drug-likeness (QED) is 0.870. The van der Waals surface area contributed by atoms with Crippen LogP contribution in [0.25, 0.3) is 0 Å². The molecule has 2 aliphatic rings. The highest BCUT2D eigenvalue weighted by molar-refractivity contribution is 5.37. The molecule has 2 aliphatic carbocycles. The minimum atomic E-state index is 0.531. The molecule has 3 rings (SSSR count). The van der Waals surface area contributed by atoms with Crippen LogP contribution < -0.4 is 10.1 Å². The van der Waals surface area contributed by atoms with Crippen LogP contribution in [-0.2, 0) is 0 Å². The van der Waals surface area contributed by atoms with E-state index in [1.807, 2.05) is 0 Å². The van der Waals surface area contributed by atoms with Gasteiger partial charge < -0.3 is 10.1 Å². The third-order valence-corrected chi connectivity index (χ3v) is 4.99. The van der Waals surface area contributed by atoms with Crippen molar-refractivity contribution in [3.05, 3.63) is 29.3 Å². The summed E-state index contributed by atoms with van der Waals surface area (Å²) in [5.41, 5.74) is 2.82. The number of aryl methyl sites for hydroxylation is 1. The number of hydrogen-bond donors (Lipinski definition) is 1. The van der Waals surface area contributed by atoms with Gasteiger partial charge in [0.15, 0.2) is 0 Å². The van der Waals surface area contributed by atoms with Crippen LogP contribution in [0.3, 0.4) is 0 Å². The van der Waals surface area contributed by atoms with Crippen LogP contribution in [0.15, 0.2) is 18.2 Å². The Hall–Kier alpha value is -1.02. The van der Waals surface area contributed by atoms with E-state index in [-0.39, 0.29) is 0 Å². The van der Waals surface area contributed by atoms with Crippen LogP contribution in [0.1, 0.15) is 43.4 Å². The van der Waals surface area contributed by atoms with E-state index in [0.29, 0.717) is 6.04 Å². The Balaban J connectivity index is 1.82. The Kier molecular flexibility index (Phi) is 3.53. The molecule has 1 aromatic rings. The average molecular weight is 259 g/mol. The van der Waals surface area contributed by atoms with Crippen LogP contribution >= 0.6 is 0 Å². The van der Waals surface area contributed by atoms with Gasteiger partial charge in [0.25, 0.3) is 0 Å². The molecule has 104 valence electrons. The van der Waals surface area contributed by atoms with Crippen molar-refractivity contribution in [1.82, 2.24) is 5.32 Å². The van der Waals surface area contributed by atoms with Gasteiger partial charge >= 0.3 is 0 Å². The number of ether oxygens (including phenoxy) is 1. The molecule has 2 nitrogen and oxygen atoms in total. The van der Waals surface area contributed by atoms with Crippen LogP contribution in [-0.4, -0.2) is 13.7 Å². The zero-order chi connectivity index (χ0) is 13.4. The van der Waals surface area contributed by atoms with Crippen molar-refractivity contribution >= 4 is 0 Å². The Labute approximate surface area is 116 Å². The predicted molar refractivity (Wildman–Crippen MR) is 78.5 cm³/mol. The Morgan fingerprint density at radius 2 is 2.00 bits per heavy atom. The highest BCUT2D eigenvalue weighted by atomic mass is 16.5. The van der Waals surface area contributed by atoms with E-state index >= 15 is 0 Å². The molecule has 2 fully saturated rings. The van der Waals surface area contributed by atoms with Gasteiger partial charge in [-0.3, -0.25) is 0 Å². The third kappa shape index (κ3) is 2.51. The van der Waals surface area contributed by atoms with Crippen molar-refractivity contribution < 1.29 is 4.74 Å².